The Balaban J connectivity index is 3.84. The van der Waals surface area contributed by atoms with Crippen LogP contribution in [0.15, 0.2) is 12.1 Å². The molecule has 1 aromatic carbocycles. The topological polar surface area (TPSA) is 152 Å². The zero-order valence-corrected chi connectivity index (χ0v) is 17.1. The molecule has 150 valence electrons. The molecule has 0 saturated carbocycles. The quantitative estimate of drug-likeness (QED) is 0.363. The first kappa shape index (κ1) is 23.4. The zero-order chi connectivity index (χ0) is 20.6. The highest BCUT2D eigenvalue weighted by Gasteiger charge is 2.54. The number of ether oxygens (including phenoxy) is 4. The summed E-state index contributed by atoms with van der Waals surface area (Å²) in [6.45, 7) is 2.97. The highest BCUT2D eigenvalue weighted by atomic mass is 31.2. The Morgan fingerprint density at radius 3 is 1.08 bits per heavy atom. The largest absolute Gasteiger partial charge is 0.389 e. The third-order valence-corrected chi connectivity index (χ3v) is 6.87. The SMILES string of the molecule is COC(OC)(c1cc(C)c(C(OC)(OC)P(=O)(O)O)cc1C)P(=O)(O)O. The molecule has 10 nitrogen and oxygen atoms in total. The monoisotopic (exact) mass is 414 g/mol. The average molecular weight is 414 g/mol. The lowest BCUT2D eigenvalue weighted by Crippen LogP contribution is -2.34. The van der Waals surface area contributed by atoms with Crippen LogP contribution in [-0.2, 0) is 39.1 Å². The van der Waals surface area contributed by atoms with E-state index in [-0.39, 0.29) is 22.3 Å². The van der Waals surface area contributed by atoms with Crippen LogP contribution in [0.3, 0.4) is 0 Å². The van der Waals surface area contributed by atoms with Gasteiger partial charge in [-0.2, -0.15) is 0 Å². The van der Waals surface area contributed by atoms with Crippen molar-refractivity contribution in [2.24, 2.45) is 0 Å². The summed E-state index contributed by atoms with van der Waals surface area (Å²) in [7, 11) is -5.56. The van der Waals surface area contributed by atoms with Gasteiger partial charge in [-0.15, -0.1) is 0 Å². The maximum atomic E-state index is 12.0. The van der Waals surface area contributed by atoms with Gasteiger partial charge in [0, 0.05) is 39.6 Å². The molecule has 0 spiro atoms. The minimum atomic E-state index is -4.94. The molecule has 0 unspecified atom stereocenters. The van der Waals surface area contributed by atoms with Gasteiger partial charge in [-0.1, -0.05) is 0 Å². The van der Waals surface area contributed by atoms with E-state index < -0.39 is 26.2 Å². The fourth-order valence-electron chi connectivity index (χ4n) is 2.89. The van der Waals surface area contributed by atoms with E-state index in [1.165, 1.54) is 26.0 Å². The van der Waals surface area contributed by atoms with Gasteiger partial charge in [0.2, 0.25) is 0 Å². The van der Waals surface area contributed by atoms with Crippen LogP contribution in [0.1, 0.15) is 22.3 Å². The molecular formula is C14H24O10P2. The van der Waals surface area contributed by atoms with Crippen molar-refractivity contribution >= 4 is 15.2 Å². The van der Waals surface area contributed by atoms with Crippen LogP contribution in [0, 0.1) is 13.8 Å². The molecule has 0 amide bonds. The van der Waals surface area contributed by atoms with E-state index >= 15 is 0 Å². The molecule has 26 heavy (non-hydrogen) atoms. The molecule has 0 heterocycles. The van der Waals surface area contributed by atoms with E-state index in [0.717, 1.165) is 28.4 Å². The molecule has 0 atom stereocenters. The summed E-state index contributed by atoms with van der Waals surface area (Å²) in [6, 6.07) is 2.61. The fourth-order valence-corrected chi connectivity index (χ4v) is 4.95. The van der Waals surface area contributed by atoms with Crippen molar-refractivity contribution in [2.75, 3.05) is 28.4 Å². The summed E-state index contributed by atoms with van der Waals surface area (Å²) in [4.78, 5) is 38.9. The van der Waals surface area contributed by atoms with Gasteiger partial charge in [0.1, 0.15) is 0 Å². The fraction of sp³-hybridized carbons (Fsp3) is 0.571. The molecule has 0 aliphatic carbocycles. The molecule has 0 bridgehead atoms. The maximum absolute atomic E-state index is 12.0. The summed E-state index contributed by atoms with van der Waals surface area (Å²) >= 11 is 0. The smallest absolute Gasteiger partial charge is 0.340 e. The summed E-state index contributed by atoms with van der Waals surface area (Å²) < 4.78 is 44.1. The minimum absolute atomic E-state index is 0.00361. The molecule has 1 aromatic rings. The Labute approximate surface area is 151 Å². The number of hydrogen-bond acceptors (Lipinski definition) is 6. The van der Waals surface area contributed by atoms with Crippen molar-refractivity contribution in [1.29, 1.82) is 0 Å². The Bertz CT molecular complexity index is 679. The van der Waals surface area contributed by atoms with Crippen molar-refractivity contribution in [1.82, 2.24) is 0 Å². The molecular weight excluding hydrogens is 390 g/mol. The molecule has 0 aliphatic rings. The lowest BCUT2D eigenvalue weighted by atomic mass is 9.98. The lowest BCUT2D eigenvalue weighted by molar-refractivity contribution is -0.165. The van der Waals surface area contributed by atoms with Crippen LogP contribution in [0.4, 0.5) is 0 Å². The third-order valence-electron chi connectivity index (χ3n) is 4.13. The number of aryl methyl sites for hydroxylation is 2. The molecule has 0 aliphatic heterocycles. The molecule has 0 saturated heterocycles. The van der Waals surface area contributed by atoms with Crippen LogP contribution in [-0.4, -0.2) is 48.0 Å². The molecule has 4 N–H and O–H groups in total. The van der Waals surface area contributed by atoms with Crippen LogP contribution in [0.2, 0.25) is 0 Å². The molecule has 12 heteroatoms. The van der Waals surface area contributed by atoms with E-state index in [9.17, 15) is 28.7 Å². The van der Waals surface area contributed by atoms with E-state index in [1.807, 2.05) is 0 Å². The Morgan fingerprint density at radius 1 is 0.692 bits per heavy atom. The Morgan fingerprint density at radius 2 is 0.923 bits per heavy atom. The van der Waals surface area contributed by atoms with Gasteiger partial charge in [-0.3, -0.25) is 9.13 Å². The zero-order valence-electron chi connectivity index (χ0n) is 15.3. The first-order valence-electron chi connectivity index (χ1n) is 7.22. The highest BCUT2D eigenvalue weighted by molar-refractivity contribution is 7.53. The number of methoxy groups -OCH3 is 4. The van der Waals surface area contributed by atoms with E-state index in [4.69, 9.17) is 18.9 Å². The van der Waals surface area contributed by atoms with Gasteiger partial charge in [-0.25, -0.2) is 0 Å². The van der Waals surface area contributed by atoms with Gasteiger partial charge in [0.25, 0.3) is 11.1 Å². The second-order valence-corrected chi connectivity index (χ2v) is 8.90. The van der Waals surface area contributed by atoms with E-state index in [2.05, 4.69) is 0 Å². The first-order chi connectivity index (χ1) is 11.8. The van der Waals surface area contributed by atoms with Crippen LogP contribution in [0.25, 0.3) is 0 Å². The summed E-state index contributed by atoms with van der Waals surface area (Å²) in [6.07, 6.45) is 0. The minimum Gasteiger partial charge on any atom is -0.340 e. The number of hydrogen-bond donors (Lipinski definition) is 4. The van der Waals surface area contributed by atoms with Gasteiger partial charge >= 0.3 is 15.2 Å². The van der Waals surface area contributed by atoms with Crippen molar-refractivity contribution in [3.8, 4) is 0 Å². The second-order valence-electron chi connectivity index (χ2n) is 5.55. The van der Waals surface area contributed by atoms with E-state index in [0.29, 0.717) is 0 Å². The van der Waals surface area contributed by atoms with Crippen molar-refractivity contribution in [3.63, 3.8) is 0 Å². The number of rotatable bonds is 8. The highest BCUT2D eigenvalue weighted by Crippen LogP contribution is 2.61. The number of benzene rings is 1. The van der Waals surface area contributed by atoms with Crippen molar-refractivity contribution in [2.45, 2.75) is 24.9 Å². The molecule has 0 fully saturated rings. The van der Waals surface area contributed by atoms with Crippen LogP contribution < -0.4 is 0 Å². The summed E-state index contributed by atoms with van der Waals surface area (Å²) in [5, 5.41) is 0. The van der Waals surface area contributed by atoms with Crippen molar-refractivity contribution < 1.29 is 47.7 Å². The summed E-state index contributed by atoms with van der Waals surface area (Å²) in [5.74, 6) is 0. The normalized spacial score (nSPS) is 13.9. The Hall–Kier alpha value is -0.640. The van der Waals surface area contributed by atoms with Gasteiger partial charge < -0.3 is 38.5 Å². The third kappa shape index (κ3) is 3.55. The second kappa shape index (κ2) is 7.77. The predicted molar refractivity (Wildman–Crippen MR) is 91.4 cm³/mol. The van der Waals surface area contributed by atoms with Gasteiger partial charge in [0.15, 0.2) is 0 Å². The average Bonchev–Trinajstić information content (AvgIpc) is 2.52. The standard InChI is InChI=1S/C14H24O10P2/c1-9-7-12(14(23-5,24-6)26(18,19)20)10(2)8-11(9)13(21-3,22-4)25(15,16)17/h7-8H,1-6H3,(H2,15,16,17)(H2,18,19,20). The summed E-state index contributed by atoms with van der Waals surface area (Å²) in [5.41, 5.74) is -4.25. The van der Waals surface area contributed by atoms with E-state index in [1.54, 1.807) is 0 Å². The first-order valence-corrected chi connectivity index (χ1v) is 10.4. The van der Waals surface area contributed by atoms with Crippen molar-refractivity contribution in [3.05, 3.63) is 34.4 Å². The predicted octanol–water partition coefficient (Wildman–Crippen LogP) is 1.47. The molecule has 1 rings (SSSR count). The van der Waals surface area contributed by atoms with Crippen LogP contribution in [0.5, 0.6) is 0 Å². The van der Waals surface area contributed by atoms with Crippen LogP contribution >= 0.6 is 15.2 Å². The Kier molecular flexibility index (Phi) is 6.99. The van der Waals surface area contributed by atoms with Gasteiger partial charge in [-0.05, 0) is 37.1 Å². The van der Waals surface area contributed by atoms with Gasteiger partial charge in [0.05, 0.1) is 0 Å². The lowest BCUT2D eigenvalue weighted by Gasteiger charge is -2.36. The molecule has 0 radical (unpaired) electrons. The molecule has 0 aromatic heterocycles. The maximum Gasteiger partial charge on any atom is 0.389 e.